The lowest BCUT2D eigenvalue weighted by Gasteiger charge is -2.38. The van der Waals surface area contributed by atoms with E-state index in [0.29, 0.717) is 32.4 Å². The summed E-state index contributed by atoms with van der Waals surface area (Å²) in [7, 11) is 3.32. The molecular weight excluding hydrogens is 807 g/mol. The van der Waals surface area contributed by atoms with Crippen LogP contribution in [0.2, 0.25) is 0 Å². The third-order valence-electron chi connectivity index (χ3n) is 13.6. The highest BCUT2D eigenvalue weighted by atomic mass is 16.2. The van der Waals surface area contributed by atoms with Crippen molar-refractivity contribution in [2.45, 2.75) is 158 Å². The number of aryl methyl sites for hydroxylation is 2. The van der Waals surface area contributed by atoms with Crippen molar-refractivity contribution >= 4 is 35.3 Å². The highest BCUT2D eigenvalue weighted by Crippen LogP contribution is 2.36. The van der Waals surface area contributed by atoms with Gasteiger partial charge < -0.3 is 36.4 Å². The number of Topliss-reactive ketones (excluding diaryl/α,β-unsaturated/α-hetero) is 1. The molecule has 2 aliphatic carbocycles. The first kappa shape index (κ1) is 48.0. The standard InChI is InChI=1S/C51H67N7O6/c1-34(52-3)47(60)55-42(50(63)57-31-15-13-29-44(57)46(59)33-38-23-17-21-36-19-9-11-24-39(36)38)26-7-5-6-8-27-43(56-48(61)35(2)53-4)51(64)58-32-16-14-30-45(58)49(62)54-41-28-18-22-37-20-10-12-25-40(37)41/h9-12,19-20,24-25,34-35,38,41-45,52-53H,13-18,21-23,26-33H2,1-4H3,(H,54,62)(H,55,60)(H,56,61)/t34-,35-,38-,41+,42-,43-,44-,45-/m0/s1. The molecule has 2 fully saturated rings. The molecule has 6 rings (SSSR count). The Labute approximate surface area is 379 Å². The summed E-state index contributed by atoms with van der Waals surface area (Å²) in [5.74, 6) is 9.99. The summed E-state index contributed by atoms with van der Waals surface area (Å²) in [6, 6.07) is 11.9. The number of likely N-dealkylation sites (tertiary alicyclic amines) is 2. The Kier molecular flexibility index (Phi) is 17.6. The van der Waals surface area contributed by atoms with Gasteiger partial charge in [0.15, 0.2) is 5.78 Å². The van der Waals surface area contributed by atoms with Gasteiger partial charge in [-0.1, -0.05) is 60.4 Å². The van der Waals surface area contributed by atoms with Crippen LogP contribution in [0.5, 0.6) is 0 Å². The summed E-state index contributed by atoms with van der Waals surface area (Å²) in [5.41, 5.74) is 4.86. The quantitative estimate of drug-likeness (QED) is 0.168. The summed E-state index contributed by atoms with van der Waals surface area (Å²) >= 11 is 0. The molecule has 5 N–H and O–H groups in total. The topological polar surface area (TPSA) is 169 Å². The lowest BCUT2D eigenvalue weighted by Crippen LogP contribution is -2.58. The van der Waals surface area contributed by atoms with Crippen LogP contribution < -0.4 is 26.6 Å². The Morgan fingerprint density at radius 1 is 0.625 bits per heavy atom. The number of amides is 5. The lowest BCUT2D eigenvalue weighted by molar-refractivity contribution is -0.145. The molecule has 0 saturated carbocycles. The van der Waals surface area contributed by atoms with Gasteiger partial charge in [-0.25, -0.2) is 0 Å². The molecule has 5 amide bonds. The van der Waals surface area contributed by atoms with E-state index in [1.54, 1.807) is 37.7 Å². The molecule has 64 heavy (non-hydrogen) atoms. The molecule has 13 heteroatoms. The predicted molar refractivity (Wildman–Crippen MR) is 246 cm³/mol. The van der Waals surface area contributed by atoms with E-state index in [9.17, 15) is 28.8 Å². The van der Waals surface area contributed by atoms with Crippen molar-refractivity contribution in [3.8, 4) is 23.7 Å². The molecule has 342 valence electrons. The van der Waals surface area contributed by atoms with Crippen molar-refractivity contribution in [3.05, 3.63) is 70.8 Å². The monoisotopic (exact) mass is 874 g/mol. The summed E-state index contributed by atoms with van der Waals surface area (Å²) in [4.78, 5) is 86.1. The van der Waals surface area contributed by atoms with Crippen LogP contribution in [0, 0.1) is 23.7 Å². The molecular formula is C51H67N7O6. The molecule has 2 aliphatic heterocycles. The van der Waals surface area contributed by atoms with Gasteiger partial charge in [0.25, 0.3) is 0 Å². The zero-order valence-corrected chi connectivity index (χ0v) is 38.1. The average Bonchev–Trinajstić information content (AvgIpc) is 3.33. The number of hydrogen-bond acceptors (Lipinski definition) is 8. The van der Waals surface area contributed by atoms with Crippen LogP contribution in [-0.2, 0) is 41.6 Å². The number of fused-ring (bicyclic) bond motifs is 2. The van der Waals surface area contributed by atoms with E-state index in [2.05, 4.69) is 74.5 Å². The van der Waals surface area contributed by atoms with E-state index in [0.717, 1.165) is 69.8 Å². The number of piperidine rings is 2. The molecule has 0 radical (unpaired) electrons. The van der Waals surface area contributed by atoms with Gasteiger partial charge in [0, 0.05) is 32.4 Å². The number of likely N-dealkylation sites (N-methyl/N-ethyl adjacent to an activating group) is 2. The largest absolute Gasteiger partial charge is 0.347 e. The first-order valence-corrected chi connectivity index (χ1v) is 23.5. The Balaban J connectivity index is 1.14. The maximum absolute atomic E-state index is 14.3. The van der Waals surface area contributed by atoms with Gasteiger partial charge in [-0.3, -0.25) is 28.8 Å². The van der Waals surface area contributed by atoms with E-state index in [1.807, 2.05) is 24.3 Å². The summed E-state index contributed by atoms with van der Waals surface area (Å²) in [5, 5.41) is 14.8. The molecule has 2 aromatic carbocycles. The second kappa shape index (κ2) is 23.4. The summed E-state index contributed by atoms with van der Waals surface area (Å²) in [6.07, 6.45) is 10.2. The maximum Gasteiger partial charge on any atom is 0.246 e. The van der Waals surface area contributed by atoms with Crippen molar-refractivity contribution < 1.29 is 28.8 Å². The number of hydrogen-bond donors (Lipinski definition) is 5. The zero-order chi connectivity index (χ0) is 45.6. The molecule has 0 spiro atoms. The van der Waals surface area contributed by atoms with E-state index in [4.69, 9.17) is 0 Å². The molecule has 2 heterocycles. The normalized spacial score (nSPS) is 22.2. The highest BCUT2D eigenvalue weighted by Gasteiger charge is 2.39. The van der Waals surface area contributed by atoms with Crippen molar-refractivity contribution in [2.24, 2.45) is 0 Å². The van der Waals surface area contributed by atoms with Crippen LogP contribution in [0.4, 0.5) is 0 Å². The van der Waals surface area contributed by atoms with Gasteiger partial charge in [0.2, 0.25) is 29.5 Å². The molecule has 0 aromatic heterocycles. The predicted octanol–water partition coefficient (Wildman–Crippen LogP) is 3.99. The minimum absolute atomic E-state index is 0.0437. The first-order valence-electron chi connectivity index (χ1n) is 23.5. The molecule has 0 bridgehead atoms. The van der Waals surface area contributed by atoms with Crippen molar-refractivity contribution in [1.82, 2.24) is 36.4 Å². The summed E-state index contributed by atoms with van der Waals surface area (Å²) in [6.45, 7) is 4.19. The molecule has 2 saturated heterocycles. The van der Waals surface area contributed by atoms with Gasteiger partial charge in [0.05, 0.1) is 24.2 Å². The number of benzene rings is 2. The fraction of sp³-hybridized carbons (Fsp3) is 0.569. The third kappa shape index (κ3) is 12.2. The Bertz CT molecular complexity index is 1990. The van der Waals surface area contributed by atoms with Gasteiger partial charge >= 0.3 is 0 Å². The van der Waals surface area contributed by atoms with Crippen LogP contribution in [0.25, 0.3) is 0 Å². The molecule has 2 aromatic rings. The van der Waals surface area contributed by atoms with E-state index < -0.39 is 36.3 Å². The van der Waals surface area contributed by atoms with Gasteiger partial charge in [-0.2, -0.15) is 0 Å². The minimum Gasteiger partial charge on any atom is -0.347 e. The Morgan fingerprint density at radius 2 is 1.12 bits per heavy atom. The Hall–Kier alpha value is -5.50. The van der Waals surface area contributed by atoms with Crippen molar-refractivity contribution in [2.75, 3.05) is 27.2 Å². The van der Waals surface area contributed by atoms with Crippen molar-refractivity contribution in [1.29, 1.82) is 0 Å². The Morgan fingerprint density at radius 3 is 1.70 bits per heavy atom. The van der Waals surface area contributed by atoms with Crippen LogP contribution >= 0.6 is 0 Å². The fourth-order valence-corrected chi connectivity index (χ4v) is 9.67. The van der Waals surface area contributed by atoms with Gasteiger partial charge in [-0.05, 0) is 145 Å². The van der Waals surface area contributed by atoms with E-state index in [-0.39, 0.29) is 60.1 Å². The van der Waals surface area contributed by atoms with E-state index in [1.165, 1.54) is 16.7 Å². The van der Waals surface area contributed by atoms with Crippen LogP contribution in [0.3, 0.4) is 0 Å². The van der Waals surface area contributed by atoms with Crippen LogP contribution in [0.1, 0.15) is 132 Å². The molecule has 8 atom stereocenters. The van der Waals surface area contributed by atoms with Crippen LogP contribution in [-0.4, -0.2) is 109 Å². The summed E-state index contributed by atoms with van der Waals surface area (Å²) < 4.78 is 0. The number of carbonyl (C=O) groups is 6. The van der Waals surface area contributed by atoms with E-state index >= 15 is 0 Å². The number of nitrogens with zero attached hydrogens (tertiary/aromatic N) is 2. The maximum atomic E-state index is 14.3. The molecule has 13 nitrogen and oxygen atoms in total. The fourth-order valence-electron chi connectivity index (χ4n) is 9.67. The first-order chi connectivity index (χ1) is 31.0. The second-order valence-electron chi connectivity index (χ2n) is 17.9. The smallest absolute Gasteiger partial charge is 0.246 e. The van der Waals surface area contributed by atoms with Crippen molar-refractivity contribution in [3.63, 3.8) is 0 Å². The van der Waals surface area contributed by atoms with Gasteiger partial charge in [-0.15, -0.1) is 0 Å². The highest BCUT2D eigenvalue weighted by molar-refractivity contribution is 5.95. The lowest BCUT2D eigenvalue weighted by atomic mass is 9.79. The number of rotatable bonds is 15. The van der Waals surface area contributed by atoms with Gasteiger partial charge in [0.1, 0.15) is 18.1 Å². The minimum atomic E-state index is -1.03. The third-order valence-corrected chi connectivity index (χ3v) is 13.6. The average molecular weight is 874 g/mol. The molecule has 0 unspecified atom stereocenters. The molecule has 4 aliphatic rings. The SMILES string of the molecule is CN[C@@H](C)C(=O)N[C@@H](CC#CC#CC[C@H](NC(=O)[C@H](C)NC)C(=O)N1CCCC[C@H]1C(=O)N[C@@H]1CCCc2ccccc21)C(=O)N1CCCC[C@H]1C(=O)C[C@@H]1CCCc2ccccc21. The van der Waals surface area contributed by atoms with Crippen LogP contribution in [0.15, 0.2) is 48.5 Å². The second-order valence-corrected chi connectivity index (χ2v) is 17.9. The zero-order valence-electron chi connectivity index (χ0n) is 38.1. The number of ketones is 1. The number of carbonyl (C=O) groups excluding carboxylic acids is 6. The number of nitrogens with one attached hydrogen (secondary N) is 5.